The molecule has 4 nitrogen and oxygen atoms in total. The van der Waals surface area contributed by atoms with E-state index in [0.29, 0.717) is 12.0 Å². The van der Waals surface area contributed by atoms with Gasteiger partial charge in [0.25, 0.3) is 0 Å². The van der Waals surface area contributed by atoms with E-state index in [4.69, 9.17) is 9.72 Å². The Bertz CT molecular complexity index is 1010. The zero-order valence-corrected chi connectivity index (χ0v) is 18.4. The first-order chi connectivity index (χ1) is 14.7. The maximum absolute atomic E-state index is 6.06. The van der Waals surface area contributed by atoms with Crippen LogP contribution in [-0.2, 0) is 24.0 Å². The van der Waals surface area contributed by atoms with Gasteiger partial charge in [0.1, 0.15) is 5.82 Å². The lowest BCUT2D eigenvalue weighted by molar-refractivity contribution is -0.00945. The average molecular weight is 403 g/mol. The fraction of sp³-hybridized carbons (Fsp3) is 0.500. The van der Waals surface area contributed by atoms with Crippen molar-refractivity contribution in [1.29, 1.82) is 0 Å². The molecule has 2 aromatic carbocycles. The van der Waals surface area contributed by atoms with E-state index in [1.54, 1.807) is 0 Å². The number of hydrogen-bond acceptors (Lipinski definition) is 3. The number of hydrogen-bond donors (Lipinski definition) is 0. The number of piperidine rings is 1. The molecule has 30 heavy (non-hydrogen) atoms. The number of aromatic nitrogens is 2. The van der Waals surface area contributed by atoms with Gasteiger partial charge in [0.05, 0.1) is 23.2 Å². The molecule has 3 aromatic rings. The Morgan fingerprint density at radius 2 is 2.07 bits per heavy atom. The smallest absolute Gasteiger partial charge is 0.109 e. The Morgan fingerprint density at radius 3 is 2.87 bits per heavy atom. The lowest BCUT2D eigenvalue weighted by Crippen LogP contribution is -2.47. The second kappa shape index (κ2) is 8.16. The van der Waals surface area contributed by atoms with Gasteiger partial charge in [0.15, 0.2) is 0 Å². The summed E-state index contributed by atoms with van der Waals surface area (Å²) in [4.78, 5) is 7.58. The van der Waals surface area contributed by atoms with Gasteiger partial charge in [0, 0.05) is 33.2 Å². The third kappa shape index (κ3) is 3.57. The van der Waals surface area contributed by atoms with Crippen LogP contribution < -0.4 is 0 Å². The molecule has 0 amide bonds. The molecule has 0 saturated carbocycles. The normalized spacial score (nSPS) is 22.6. The lowest BCUT2D eigenvalue weighted by Gasteiger charge is -2.40. The van der Waals surface area contributed by atoms with Crippen LogP contribution in [0.3, 0.4) is 0 Å². The molecule has 2 unspecified atom stereocenters. The van der Waals surface area contributed by atoms with Crippen molar-refractivity contribution in [2.75, 3.05) is 26.7 Å². The van der Waals surface area contributed by atoms with E-state index in [-0.39, 0.29) is 6.10 Å². The Balaban J connectivity index is 1.33. The van der Waals surface area contributed by atoms with E-state index in [1.807, 2.05) is 7.11 Å². The third-order valence-electron chi connectivity index (χ3n) is 7.06. The van der Waals surface area contributed by atoms with Gasteiger partial charge < -0.3 is 14.2 Å². The molecule has 1 radical (unpaired) electrons. The molecule has 2 heterocycles. The summed E-state index contributed by atoms with van der Waals surface area (Å²) < 4.78 is 8.53. The van der Waals surface area contributed by atoms with Gasteiger partial charge in [-0.15, -0.1) is 0 Å². The second-order valence-corrected chi connectivity index (χ2v) is 9.10. The molecular formula is C26H32N3O. The highest BCUT2D eigenvalue weighted by Crippen LogP contribution is 2.33. The van der Waals surface area contributed by atoms with Crippen LogP contribution in [0.2, 0.25) is 0 Å². The summed E-state index contributed by atoms with van der Waals surface area (Å²) in [6, 6.07) is 16.7. The molecule has 1 fully saturated rings. The number of rotatable bonds is 5. The maximum Gasteiger partial charge on any atom is 0.109 e. The topological polar surface area (TPSA) is 30.3 Å². The molecule has 0 N–H and O–H groups in total. The minimum Gasteiger partial charge on any atom is -0.378 e. The van der Waals surface area contributed by atoms with Gasteiger partial charge in [-0.2, -0.15) is 0 Å². The molecule has 2 aliphatic rings. The van der Waals surface area contributed by atoms with Crippen LogP contribution in [0.4, 0.5) is 0 Å². The van der Waals surface area contributed by atoms with Crippen LogP contribution in [-0.4, -0.2) is 47.3 Å². The van der Waals surface area contributed by atoms with Gasteiger partial charge in [0.2, 0.25) is 0 Å². The zero-order valence-electron chi connectivity index (χ0n) is 18.4. The predicted molar refractivity (Wildman–Crippen MR) is 121 cm³/mol. The van der Waals surface area contributed by atoms with Crippen molar-refractivity contribution in [3.63, 3.8) is 0 Å². The standard InChI is InChI=1S/C26H32N3O/c1-4-26-27-22-13-18(2)9-10-23(22)29(26)24-11-12-28(17-25(24)30-3)16-19-14-20-7-5-6-8-21(20)15-19/h5,7-10,13,19,24-25H,4,11-12,14-17H2,1-3H3/t19?,24?,25-/m1/s1. The lowest BCUT2D eigenvalue weighted by atomic mass is 9.98. The average Bonchev–Trinajstić information content (AvgIpc) is 3.33. The van der Waals surface area contributed by atoms with Gasteiger partial charge in [-0.05, 0) is 67.0 Å². The van der Waals surface area contributed by atoms with Gasteiger partial charge in [-0.1, -0.05) is 31.2 Å². The fourth-order valence-electron chi connectivity index (χ4n) is 5.61. The summed E-state index contributed by atoms with van der Waals surface area (Å²) in [6.07, 6.45) is 4.64. The Hall–Kier alpha value is -2.17. The molecule has 0 spiro atoms. The highest BCUT2D eigenvalue weighted by Gasteiger charge is 2.34. The van der Waals surface area contributed by atoms with Crippen LogP contribution in [0, 0.1) is 18.9 Å². The van der Waals surface area contributed by atoms with Crippen molar-refractivity contribution in [2.24, 2.45) is 5.92 Å². The Morgan fingerprint density at radius 1 is 1.20 bits per heavy atom. The van der Waals surface area contributed by atoms with Crippen molar-refractivity contribution in [3.8, 4) is 0 Å². The third-order valence-corrected chi connectivity index (χ3v) is 7.06. The van der Waals surface area contributed by atoms with E-state index < -0.39 is 0 Å². The molecule has 1 aromatic heterocycles. The first-order valence-electron chi connectivity index (χ1n) is 11.4. The quantitative estimate of drug-likeness (QED) is 0.634. The van der Waals surface area contributed by atoms with Crippen molar-refractivity contribution < 1.29 is 4.74 Å². The van der Waals surface area contributed by atoms with Crippen molar-refractivity contribution in [1.82, 2.24) is 14.5 Å². The predicted octanol–water partition coefficient (Wildman–Crippen LogP) is 4.38. The summed E-state index contributed by atoms with van der Waals surface area (Å²) in [5, 5.41) is 0. The van der Waals surface area contributed by atoms with Crippen molar-refractivity contribution in [2.45, 2.75) is 51.7 Å². The Labute approximate surface area is 179 Å². The molecule has 1 saturated heterocycles. The van der Waals surface area contributed by atoms with Crippen LogP contribution in [0.25, 0.3) is 11.0 Å². The summed E-state index contributed by atoms with van der Waals surface area (Å²) in [5.74, 6) is 1.90. The van der Waals surface area contributed by atoms with Gasteiger partial charge in [-0.25, -0.2) is 4.98 Å². The molecule has 1 aliphatic heterocycles. The van der Waals surface area contributed by atoms with Crippen molar-refractivity contribution >= 4 is 11.0 Å². The van der Waals surface area contributed by atoms with E-state index >= 15 is 0 Å². The highest BCUT2D eigenvalue weighted by molar-refractivity contribution is 5.77. The number of ether oxygens (including phenoxy) is 1. The number of nitrogens with zero attached hydrogens (tertiary/aromatic N) is 3. The minimum atomic E-state index is 0.194. The SMILES string of the molecule is CCc1nc2cc(C)ccc2n1C1CCN(CC2Cc3c[c]ccc3C2)C[C@H]1OC. The molecule has 5 rings (SSSR count). The molecule has 4 heteroatoms. The monoisotopic (exact) mass is 402 g/mol. The van der Waals surface area contributed by atoms with Crippen LogP contribution in [0.15, 0.2) is 36.4 Å². The van der Waals surface area contributed by atoms with Crippen LogP contribution in [0.5, 0.6) is 0 Å². The summed E-state index contributed by atoms with van der Waals surface area (Å²) >= 11 is 0. The number of aryl methyl sites for hydroxylation is 2. The highest BCUT2D eigenvalue weighted by atomic mass is 16.5. The zero-order chi connectivity index (χ0) is 20.7. The molecule has 0 bridgehead atoms. The Kier molecular flexibility index (Phi) is 5.38. The van der Waals surface area contributed by atoms with E-state index in [9.17, 15) is 0 Å². The van der Waals surface area contributed by atoms with E-state index in [0.717, 1.165) is 38.0 Å². The van der Waals surface area contributed by atoms with Gasteiger partial charge in [-0.3, -0.25) is 0 Å². The summed E-state index contributed by atoms with van der Waals surface area (Å²) in [5.41, 5.74) is 6.64. The number of imidazole rings is 1. The number of methoxy groups -OCH3 is 1. The van der Waals surface area contributed by atoms with Crippen LogP contribution in [0.1, 0.15) is 41.9 Å². The number of fused-ring (bicyclic) bond motifs is 2. The largest absolute Gasteiger partial charge is 0.378 e. The van der Waals surface area contributed by atoms with Crippen molar-refractivity contribution in [3.05, 3.63) is 65.0 Å². The van der Waals surface area contributed by atoms with Crippen LogP contribution >= 0.6 is 0 Å². The summed E-state index contributed by atoms with van der Waals surface area (Å²) in [7, 11) is 1.87. The molecular weight excluding hydrogens is 370 g/mol. The second-order valence-electron chi connectivity index (χ2n) is 9.10. The minimum absolute atomic E-state index is 0.194. The van der Waals surface area contributed by atoms with E-state index in [2.05, 4.69) is 65.8 Å². The molecule has 1 aliphatic carbocycles. The van der Waals surface area contributed by atoms with E-state index in [1.165, 1.54) is 40.9 Å². The first kappa shape index (κ1) is 19.8. The summed E-state index contributed by atoms with van der Waals surface area (Å²) in [6.45, 7) is 7.62. The fourth-order valence-corrected chi connectivity index (χ4v) is 5.61. The molecule has 3 atom stereocenters. The molecule has 157 valence electrons. The van der Waals surface area contributed by atoms with Gasteiger partial charge >= 0.3 is 0 Å². The first-order valence-corrected chi connectivity index (χ1v) is 11.4. The number of benzene rings is 2. The maximum atomic E-state index is 6.06. The number of likely N-dealkylation sites (tertiary alicyclic amines) is 1.